The van der Waals surface area contributed by atoms with Gasteiger partial charge in [0.25, 0.3) is 0 Å². The van der Waals surface area contributed by atoms with Crippen molar-refractivity contribution in [3.63, 3.8) is 0 Å². The minimum atomic E-state index is 0.120. The van der Waals surface area contributed by atoms with Crippen molar-refractivity contribution in [1.29, 1.82) is 0 Å². The molecule has 108 valence electrons. The predicted molar refractivity (Wildman–Crippen MR) is 81.5 cm³/mol. The number of ether oxygens (including phenoxy) is 1. The van der Waals surface area contributed by atoms with E-state index in [2.05, 4.69) is 12.2 Å². The first kappa shape index (κ1) is 14.9. The van der Waals surface area contributed by atoms with Crippen LogP contribution in [-0.4, -0.2) is 13.7 Å². The standard InChI is InChI=1S/C16H20ClNO2/c1-3-8-18-15(11-13-5-4-9-20-13)14-10-12(17)6-7-16(14)19-2/h4-7,9-10,15,18H,3,8,11H2,1-2H3. The maximum absolute atomic E-state index is 6.13. The van der Waals surface area contributed by atoms with Crippen LogP contribution in [0.25, 0.3) is 0 Å². The van der Waals surface area contributed by atoms with Gasteiger partial charge in [-0.1, -0.05) is 18.5 Å². The lowest BCUT2D eigenvalue weighted by Crippen LogP contribution is -2.24. The fourth-order valence-electron chi connectivity index (χ4n) is 2.22. The van der Waals surface area contributed by atoms with Crippen LogP contribution in [0.15, 0.2) is 41.0 Å². The molecule has 1 aromatic heterocycles. The number of hydrogen-bond acceptors (Lipinski definition) is 3. The van der Waals surface area contributed by atoms with Crippen LogP contribution in [0, 0.1) is 0 Å². The molecule has 0 saturated carbocycles. The van der Waals surface area contributed by atoms with Gasteiger partial charge in [0.05, 0.1) is 13.4 Å². The lowest BCUT2D eigenvalue weighted by atomic mass is 10.0. The maximum Gasteiger partial charge on any atom is 0.123 e. The molecule has 0 aliphatic rings. The summed E-state index contributed by atoms with van der Waals surface area (Å²) in [6.07, 6.45) is 3.53. The molecule has 20 heavy (non-hydrogen) atoms. The normalized spacial score (nSPS) is 12.3. The van der Waals surface area contributed by atoms with Crippen molar-refractivity contribution in [1.82, 2.24) is 5.32 Å². The second-order valence-electron chi connectivity index (χ2n) is 4.68. The van der Waals surface area contributed by atoms with Gasteiger partial charge in [-0.25, -0.2) is 0 Å². The van der Waals surface area contributed by atoms with Crippen LogP contribution in [0.2, 0.25) is 5.02 Å². The average Bonchev–Trinajstić information content (AvgIpc) is 2.96. The van der Waals surface area contributed by atoms with E-state index < -0.39 is 0 Å². The molecular weight excluding hydrogens is 274 g/mol. The molecule has 1 unspecified atom stereocenters. The van der Waals surface area contributed by atoms with Crippen LogP contribution in [-0.2, 0) is 6.42 Å². The van der Waals surface area contributed by atoms with E-state index >= 15 is 0 Å². The molecule has 2 aromatic rings. The van der Waals surface area contributed by atoms with Crippen molar-refractivity contribution in [3.05, 3.63) is 52.9 Å². The number of halogens is 1. The Bertz CT molecular complexity index is 525. The fraction of sp³-hybridized carbons (Fsp3) is 0.375. The van der Waals surface area contributed by atoms with Gasteiger partial charge in [-0.2, -0.15) is 0 Å². The zero-order valence-corrected chi connectivity index (χ0v) is 12.6. The molecule has 0 aliphatic carbocycles. The SMILES string of the molecule is CCCNC(Cc1ccco1)c1cc(Cl)ccc1OC. The van der Waals surface area contributed by atoms with Gasteiger partial charge in [0.2, 0.25) is 0 Å². The lowest BCUT2D eigenvalue weighted by Gasteiger charge is -2.20. The molecular formula is C16H20ClNO2. The first-order valence-electron chi connectivity index (χ1n) is 6.83. The van der Waals surface area contributed by atoms with E-state index in [1.165, 1.54) is 0 Å². The lowest BCUT2D eigenvalue weighted by molar-refractivity contribution is 0.391. The molecule has 0 spiro atoms. The summed E-state index contributed by atoms with van der Waals surface area (Å²) in [4.78, 5) is 0. The molecule has 0 fully saturated rings. The Labute approximate surface area is 124 Å². The highest BCUT2D eigenvalue weighted by Gasteiger charge is 2.18. The number of methoxy groups -OCH3 is 1. The molecule has 0 radical (unpaired) electrons. The highest BCUT2D eigenvalue weighted by atomic mass is 35.5. The Kier molecular flexibility index (Phi) is 5.50. The predicted octanol–water partition coefficient (Wildman–Crippen LogP) is 4.23. The van der Waals surface area contributed by atoms with E-state index in [4.69, 9.17) is 20.8 Å². The van der Waals surface area contributed by atoms with Gasteiger partial charge in [-0.3, -0.25) is 0 Å². The first-order valence-corrected chi connectivity index (χ1v) is 7.21. The zero-order valence-electron chi connectivity index (χ0n) is 11.9. The van der Waals surface area contributed by atoms with Crippen LogP contribution in [0.1, 0.15) is 30.7 Å². The van der Waals surface area contributed by atoms with Gasteiger partial charge in [0, 0.05) is 23.0 Å². The summed E-state index contributed by atoms with van der Waals surface area (Å²) in [5, 5.41) is 4.24. The van der Waals surface area contributed by atoms with Crippen LogP contribution in [0.5, 0.6) is 5.75 Å². The Morgan fingerprint density at radius 1 is 1.35 bits per heavy atom. The molecule has 2 rings (SSSR count). The molecule has 0 saturated heterocycles. The molecule has 1 atom stereocenters. The summed E-state index contributed by atoms with van der Waals surface area (Å²) in [6.45, 7) is 3.08. The van der Waals surface area contributed by atoms with Crippen LogP contribution >= 0.6 is 11.6 Å². The molecule has 1 N–H and O–H groups in total. The number of rotatable bonds is 7. The van der Waals surface area contributed by atoms with Gasteiger partial charge in [-0.05, 0) is 43.3 Å². The van der Waals surface area contributed by atoms with E-state index in [0.717, 1.165) is 36.5 Å². The van der Waals surface area contributed by atoms with E-state index in [1.54, 1.807) is 13.4 Å². The van der Waals surface area contributed by atoms with Crippen LogP contribution in [0.3, 0.4) is 0 Å². The molecule has 1 heterocycles. The third-order valence-corrected chi connectivity index (χ3v) is 3.43. The second-order valence-corrected chi connectivity index (χ2v) is 5.11. The van der Waals surface area contributed by atoms with Gasteiger partial charge < -0.3 is 14.5 Å². The van der Waals surface area contributed by atoms with Crippen molar-refractivity contribution in [2.24, 2.45) is 0 Å². The van der Waals surface area contributed by atoms with Gasteiger partial charge in [-0.15, -0.1) is 0 Å². The van der Waals surface area contributed by atoms with Gasteiger partial charge in [0.1, 0.15) is 11.5 Å². The number of furan rings is 1. The van der Waals surface area contributed by atoms with Gasteiger partial charge in [0.15, 0.2) is 0 Å². The number of benzene rings is 1. The summed E-state index contributed by atoms with van der Waals surface area (Å²) in [5.74, 6) is 1.79. The van der Waals surface area contributed by atoms with Crippen LogP contribution < -0.4 is 10.1 Å². The van der Waals surface area contributed by atoms with Gasteiger partial charge >= 0.3 is 0 Å². The van der Waals surface area contributed by atoms with Crippen molar-refractivity contribution in [2.75, 3.05) is 13.7 Å². The average molecular weight is 294 g/mol. The molecule has 0 bridgehead atoms. The zero-order chi connectivity index (χ0) is 14.4. The molecule has 3 nitrogen and oxygen atoms in total. The summed E-state index contributed by atoms with van der Waals surface area (Å²) in [5.41, 5.74) is 1.06. The highest BCUT2D eigenvalue weighted by Crippen LogP contribution is 2.30. The number of nitrogens with one attached hydrogen (secondary N) is 1. The van der Waals surface area contributed by atoms with Crippen molar-refractivity contribution >= 4 is 11.6 Å². The van der Waals surface area contributed by atoms with Crippen LogP contribution in [0.4, 0.5) is 0 Å². The third-order valence-electron chi connectivity index (χ3n) is 3.19. The molecule has 0 amide bonds. The smallest absolute Gasteiger partial charge is 0.123 e. The molecule has 4 heteroatoms. The minimum Gasteiger partial charge on any atom is -0.496 e. The second kappa shape index (κ2) is 7.36. The summed E-state index contributed by atoms with van der Waals surface area (Å²) in [7, 11) is 1.68. The monoisotopic (exact) mass is 293 g/mol. The quantitative estimate of drug-likeness (QED) is 0.830. The van der Waals surface area contributed by atoms with Crippen molar-refractivity contribution in [3.8, 4) is 5.75 Å². The van der Waals surface area contributed by atoms with E-state index in [1.807, 2.05) is 30.3 Å². The fourth-order valence-corrected chi connectivity index (χ4v) is 2.40. The highest BCUT2D eigenvalue weighted by molar-refractivity contribution is 6.30. The molecule has 0 aliphatic heterocycles. The van der Waals surface area contributed by atoms with Crippen molar-refractivity contribution in [2.45, 2.75) is 25.8 Å². The topological polar surface area (TPSA) is 34.4 Å². The minimum absolute atomic E-state index is 0.120. The summed E-state index contributed by atoms with van der Waals surface area (Å²) in [6, 6.07) is 9.71. The first-order chi connectivity index (χ1) is 9.74. The third kappa shape index (κ3) is 3.78. The van der Waals surface area contributed by atoms with E-state index in [-0.39, 0.29) is 6.04 Å². The maximum atomic E-state index is 6.13. The molecule has 1 aromatic carbocycles. The Morgan fingerprint density at radius 3 is 2.85 bits per heavy atom. The summed E-state index contributed by atoms with van der Waals surface area (Å²) < 4.78 is 10.9. The Morgan fingerprint density at radius 2 is 2.20 bits per heavy atom. The Hall–Kier alpha value is -1.45. The van der Waals surface area contributed by atoms with E-state index in [9.17, 15) is 0 Å². The Balaban J connectivity index is 2.27. The van der Waals surface area contributed by atoms with Crippen molar-refractivity contribution < 1.29 is 9.15 Å². The largest absolute Gasteiger partial charge is 0.496 e. The van der Waals surface area contributed by atoms with E-state index in [0.29, 0.717) is 5.02 Å². The summed E-state index contributed by atoms with van der Waals surface area (Å²) >= 11 is 6.13. The number of hydrogen-bond donors (Lipinski definition) is 1.